The van der Waals surface area contributed by atoms with E-state index >= 15 is 0 Å². The van der Waals surface area contributed by atoms with Gasteiger partial charge in [-0.15, -0.1) is 0 Å². The van der Waals surface area contributed by atoms with Crippen molar-refractivity contribution in [3.8, 4) is 0 Å². The van der Waals surface area contributed by atoms with E-state index in [1.807, 2.05) is 0 Å². The van der Waals surface area contributed by atoms with Crippen molar-refractivity contribution >= 4 is 64.4 Å². The van der Waals surface area contributed by atoms with Gasteiger partial charge in [0.25, 0.3) is 0 Å². The Morgan fingerprint density at radius 1 is 1.38 bits per heavy atom. The number of hydrogen-bond acceptors (Lipinski definition) is 2. The van der Waals surface area contributed by atoms with Crippen molar-refractivity contribution in [2.75, 3.05) is 5.73 Å². The van der Waals surface area contributed by atoms with Crippen LogP contribution in [0.25, 0.3) is 0 Å². The minimum atomic E-state index is -1.14. The van der Waals surface area contributed by atoms with Crippen LogP contribution < -0.4 is 5.73 Å². The van der Waals surface area contributed by atoms with E-state index in [9.17, 15) is 4.79 Å². The molecule has 0 aromatic heterocycles. The molecule has 1 rings (SSSR count). The van der Waals surface area contributed by atoms with Crippen molar-refractivity contribution in [3.05, 3.63) is 27.7 Å². The predicted octanol–water partition coefficient (Wildman–Crippen LogP) is 1.63. The van der Waals surface area contributed by atoms with Crippen LogP contribution in [0.15, 0.2) is 12.1 Å². The molecule has 6 heteroatoms. The molecule has 0 atom stereocenters. The first-order chi connectivity index (χ1) is 5.52. The number of carbonyl (C=O) groups is 1. The molecule has 0 saturated carbocycles. The van der Waals surface area contributed by atoms with Crippen LogP contribution >= 0.6 is 23.2 Å². The van der Waals surface area contributed by atoms with E-state index in [-0.39, 0.29) is 50.9 Å². The first-order valence-electron chi connectivity index (χ1n) is 3.00. The summed E-state index contributed by atoms with van der Waals surface area (Å²) in [7, 11) is 0. The molecular formula is C7H6Cl2NNaO2. The number of hydrogen-bond donors (Lipinski definition) is 2. The second-order valence-electron chi connectivity index (χ2n) is 2.16. The van der Waals surface area contributed by atoms with Gasteiger partial charge in [-0.1, -0.05) is 23.2 Å². The van der Waals surface area contributed by atoms with Gasteiger partial charge in [-0.05, 0) is 12.1 Å². The van der Waals surface area contributed by atoms with Crippen molar-refractivity contribution in [1.29, 1.82) is 0 Å². The first-order valence-corrected chi connectivity index (χ1v) is 3.76. The van der Waals surface area contributed by atoms with Gasteiger partial charge >= 0.3 is 35.5 Å². The van der Waals surface area contributed by atoms with Gasteiger partial charge in [0, 0.05) is 5.02 Å². The van der Waals surface area contributed by atoms with Gasteiger partial charge in [-0.25, -0.2) is 4.79 Å². The third-order valence-electron chi connectivity index (χ3n) is 1.30. The van der Waals surface area contributed by atoms with Crippen LogP contribution in [0.2, 0.25) is 10.0 Å². The molecule has 0 unspecified atom stereocenters. The number of benzene rings is 1. The molecule has 0 saturated heterocycles. The third-order valence-corrected chi connectivity index (χ3v) is 1.94. The molecule has 3 nitrogen and oxygen atoms in total. The summed E-state index contributed by atoms with van der Waals surface area (Å²) in [6.45, 7) is 0. The number of nitrogens with two attached hydrogens (primary N) is 1. The van der Waals surface area contributed by atoms with E-state index in [2.05, 4.69) is 0 Å². The molecule has 66 valence electrons. The fraction of sp³-hybridized carbons (Fsp3) is 0. The summed E-state index contributed by atoms with van der Waals surface area (Å²) in [5.74, 6) is -1.14. The Labute approximate surface area is 107 Å². The molecule has 0 aliphatic heterocycles. The van der Waals surface area contributed by atoms with Gasteiger partial charge < -0.3 is 10.8 Å². The van der Waals surface area contributed by atoms with Crippen molar-refractivity contribution in [2.24, 2.45) is 0 Å². The second-order valence-corrected chi connectivity index (χ2v) is 2.98. The molecule has 0 bridgehead atoms. The van der Waals surface area contributed by atoms with Crippen LogP contribution in [0.5, 0.6) is 0 Å². The predicted molar refractivity (Wildman–Crippen MR) is 55.0 cm³/mol. The number of halogens is 2. The number of aromatic carboxylic acids is 1. The summed E-state index contributed by atoms with van der Waals surface area (Å²) in [5, 5.41) is 8.89. The van der Waals surface area contributed by atoms with Crippen molar-refractivity contribution in [3.63, 3.8) is 0 Å². The molecule has 0 aliphatic rings. The molecule has 0 spiro atoms. The Bertz CT molecular complexity index is 344. The van der Waals surface area contributed by atoms with Crippen LogP contribution in [0, 0.1) is 0 Å². The van der Waals surface area contributed by atoms with Gasteiger partial charge in [-0.2, -0.15) is 0 Å². The molecule has 1 aromatic rings. The summed E-state index contributed by atoms with van der Waals surface area (Å²) in [4.78, 5) is 10.5. The van der Waals surface area contributed by atoms with Gasteiger partial charge in [0.1, 0.15) is 0 Å². The summed E-state index contributed by atoms with van der Waals surface area (Å²) in [5.41, 5.74) is 5.47. The normalized spacial score (nSPS) is 9.08. The minimum absolute atomic E-state index is 0. The van der Waals surface area contributed by atoms with Crippen LogP contribution in [0.4, 0.5) is 5.69 Å². The van der Waals surface area contributed by atoms with E-state index < -0.39 is 5.97 Å². The fourth-order valence-electron chi connectivity index (χ4n) is 0.766. The molecule has 0 fully saturated rings. The molecule has 1 aromatic carbocycles. The molecule has 3 N–H and O–H groups in total. The summed E-state index contributed by atoms with van der Waals surface area (Å²) in [6, 6.07) is 2.65. The van der Waals surface area contributed by atoms with Gasteiger partial charge in [-0.3, -0.25) is 0 Å². The zero-order valence-corrected chi connectivity index (χ0v) is 7.36. The van der Waals surface area contributed by atoms with E-state index in [0.29, 0.717) is 0 Å². The van der Waals surface area contributed by atoms with E-state index in [4.69, 9.17) is 34.0 Å². The molecule has 0 aliphatic carbocycles. The zero-order chi connectivity index (χ0) is 9.30. The third kappa shape index (κ3) is 3.04. The van der Waals surface area contributed by atoms with Crippen LogP contribution in [0.3, 0.4) is 0 Å². The van der Waals surface area contributed by atoms with E-state index in [1.165, 1.54) is 12.1 Å². The maximum atomic E-state index is 10.5. The number of carboxylic acids is 1. The molecule has 0 radical (unpaired) electrons. The number of rotatable bonds is 1. The van der Waals surface area contributed by atoms with Crippen LogP contribution in [-0.2, 0) is 0 Å². The topological polar surface area (TPSA) is 63.3 Å². The Hall–Kier alpha value is 0.0700. The quantitative estimate of drug-likeness (QED) is 0.569. The van der Waals surface area contributed by atoms with E-state index in [1.54, 1.807) is 0 Å². The van der Waals surface area contributed by atoms with Crippen LogP contribution in [0.1, 0.15) is 10.4 Å². The fourth-order valence-corrected chi connectivity index (χ4v) is 1.18. The second kappa shape index (κ2) is 5.08. The Balaban J connectivity index is 0.00000144. The summed E-state index contributed by atoms with van der Waals surface area (Å²) in [6.07, 6.45) is 0. The molecule has 0 heterocycles. The molecular weight excluding hydrogens is 224 g/mol. The number of carboxylic acid groups (broad SMARTS) is 1. The number of nitrogen functional groups attached to an aromatic ring is 1. The first kappa shape index (κ1) is 13.1. The van der Waals surface area contributed by atoms with Crippen molar-refractivity contribution in [2.45, 2.75) is 0 Å². The van der Waals surface area contributed by atoms with Gasteiger partial charge in [0.15, 0.2) is 0 Å². The average molecular weight is 230 g/mol. The Morgan fingerprint density at radius 3 is 2.38 bits per heavy atom. The Kier molecular flexibility index (Phi) is 5.10. The monoisotopic (exact) mass is 229 g/mol. The average Bonchev–Trinajstić information content (AvgIpc) is 1.96. The summed E-state index contributed by atoms with van der Waals surface area (Å²) < 4.78 is 0. The van der Waals surface area contributed by atoms with Crippen LogP contribution in [-0.4, -0.2) is 40.6 Å². The maximum absolute atomic E-state index is 10.5. The molecule has 13 heavy (non-hydrogen) atoms. The van der Waals surface area contributed by atoms with Crippen molar-refractivity contribution < 1.29 is 9.90 Å². The van der Waals surface area contributed by atoms with Gasteiger partial charge in [0.2, 0.25) is 0 Å². The molecule has 0 amide bonds. The SMILES string of the molecule is Nc1cc(Cl)cc(C(=O)O)c1Cl.[NaH]. The standard InChI is InChI=1S/C7H5Cl2NO2.Na.H/c8-3-1-4(7(11)12)6(9)5(10)2-3;;/h1-2H,10H2,(H,11,12);;. The van der Waals surface area contributed by atoms with Gasteiger partial charge in [0.05, 0.1) is 16.3 Å². The summed E-state index contributed by atoms with van der Waals surface area (Å²) >= 11 is 11.2. The van der Waals surface area contributed by atoms with E-state index in [0.717, 1.165) is 0 Å². The number of anilines is 1. The zero-order valence-electron chi connectivity index (χ0n) is 5.84. The van der Waals surface area contributed by atoms with Crippen molar-refractivity contribution in [1.82, 2.24) is 0 Å². The Morgan fingerprint density at radius 2 is 1.92 bits per heavy atom.